The lowest BCUT2D eigenvalue weighted by molar-refractivity contribution is -0.126. The highest BCUT2D eigenvalue weighted by Gasteiger charge is 2.53. The third kappa shape index (κ3) is 3.10. The molecule has 168 valence electrons. The number of aromatic carboxylic acids is 1. The van der Waals surface area contributed by atoms with E-state index in [-0.39, 0.29) is 23.3 Å². The summed E-state index contributed by atoms with van der Waals surface area (Å²) >= 11 is 1.35. The summed E-state index contributed by atoms with van der Waals surface area (Å²) in [6.07, 6.45) is 0.746. The van der Waals surface area contributed by atoms with E-state index in [4.69, 9.17) is 0 Å². The molecule has 0 spiro atoms. The van der Waals surface area contributed by atoms with Gasteiger partial charge in [-0.15, -0.1) is 11.3 Å². The zero-order valence-corrected chi connectivity index (χ0v) is 19.3. The van der Waals surface area contributed by atoms with Crippen molar-refractivity contribution in [2.45, 2.75) is 25.2 Å². The lowest BCUT2D eigenvalue weighted by atomic mass is 9.52. The predicted molar refractivity (Wildman–Crippen MR) is 132 cm³/mol. The molecule has 5 nitrogen and oxygen atoms in total. The van der Waals surface area contributed by atoms with E-state index < -0.39 is 11.4 Å². The van der Waals surface area contributed by atoms with Crippen molar-refractivity contribution in [1.82, 2.24) is 4.98 Å². The number of amides is 1. The van der Waals surface area contributed by atoms with Gasteiger partial charge < -0.3 is 10.4 Å². The summed E-state index contributed by atoms with van der Waals surface area (Å²) in [6.45, 7) is 2.07. The maximum atomic E-state index is 13.8. The van der Waals surface area contributed by atoms with Gasteiger partial charge in [-0.25, -0.2) is 9.78 Å². The maximum Gasteiger partial charge on any atom is 0.335 e. The minimum absolute atomic E-state index is 0.0171. The van der Waals surface area contributed by atoms with E-state index in [0.29, 0.717) is 16.4 Å². The quantitative estimate of drug-likeness (QED) is 0.379. The topological polar surface area (TPSA) is 79.3 Å². The first-order chi connectivity index (χ1) is 16.5. The van der Waals surface area contributed by atoms with E-state index in [1.165, 1.54) is 33.6 Å². The van der Waals surface area contributed by atoms with Gasteiger partial charge in [0.15, 0.2) is 5.13 Å². The minimum atomic E-state index is -0.980. The molecule has 34 heavy (non-hydrogen) atoms. The van der Waals surface area contributed by atoms with Gasteiger partial charge in [0.2, 0.25) is 5.91 Å². The fraction of sp³-hybridized carbons (Fsp3) is 0.179. The molecule has 1 amide bonds. The Hall–Kier alpha value is -3.77. The second-order valence-corrected chi connectivity index (χ2v) is 10.1. The largest absolute Gasteiger partial charge is 0.478 e. The lowest BCUT2D eigenvalue weighted by Gasteiger charge is -2.50. The zero-order chi connectivity index (χ0) is 23.4. The summed E-state index contributed by atoms with van der Waals surface area (Å²) in [7, 11) is 0. The van der Waals surface area contributed by atoms with Crippen LogP contribution in [0.4, 0.5) is 5.13 Å². The van der Waals surface area contributed by atoms with Crippen molar-refractivity contribution in [1.29, 1.82) is 0 Å². The molecular formula is C28H22N2O3S. The highest BCUT2D eigenvalue weighted by Crippen LogP contribution is 2.61. The third-order valence-electron chi connectivity index (χ3n) is 7.28. The normalized spacial score (nSPS) is 22.0. The Bertz CT molecular complexity index is 1410. The molecule has 1 unspecified atom stereocenters. The summed E-state index contributed by atoms with van der Waals surface area (Å²) in [5, 5.41) is 14.7. The van der Waals surface area contributed by atoms with Gasteiger partial charge in [0.1, 0.15) is 0 Å². The fourth-order valence-corrected chi connectivity index (χ4v) is 6.42. The monoisotopic (exact) mass is 466 g/mol. The molecular weight excluding hydrogens is 444 g/mol. The van der Waals surface area contributed by atoms with Gasteiger partial charge in [-0.1, -0.05) is 60.7 Å². The van der Waals surface area contributed by atoms with Crippen LogP contribution in [0.15, 0.2) is 78.2 Å². The smallest absolute Gasteiger partial charge is 0.335 e. The number of benzene rings is 3. The minimum Gasteiger partial charge on any atom is -0.478 e. The highest BCUT2D eigenvalue weighted by molar-refractivity contribution is 7.14. The van der Waals surface area contributed by atoms with Gasteiger partial charge in [-0.3, -0.25) is 4.79 Å². The average Bonchev–Trinajstić information content (AvgIpc) is 3.33. The molecule has 1 heterocycles. The second-order valence-electron chi connectivity index (χ2n) is 9.24. The molecule has 0 saturated carbocycles. The summed E-state index contributed by atoms with van der Waals surface area (Å²) in [5.74, 6) is -0.839. The first-order valence-corrected chi connectivity index (χ1v) is 12.1. The Morgan fingerprint density at radius 3 is 2.26 bits per heavy atom. The number of hydrogen-bond acceptors (Lipinski definition) is 4. The molecule has 2 N–H and O–H groups in total. The summed E-state index contributed by atoms with van der Waals surface area (Å²) in [6, 6.07) is 23.6. The van der Waals surface area contributed by atoms with Crippen LogP contribution in [0.25, 0.3) is 11.3 Å². The van der Waals surface area contributed by atoms with Crippen molar-refractivity contribution in [2.24, 2.45) is 5.41 Å². The standard InChI is InChI=1S/C28H22N2O3S/c1-28(14-22-18-9-2-4-11-20(18)24(28)21-12-5-3-10-19(21)22)26(33)30-27-29-23(15-34-27)16-7-6-8-17(13-16)25(31)32/h2-13,15,22,24H,14H2,1H3,(H,31,32)(H,29,30,33). The van der Waals surface area contributed by atoms with E-state index in [1.54, 1.807) is 18.2 Å². The van der Waals surface area contributed by atoms with Crippen LogP contribution in [0.2, 0.25) is 0 Å². The number of rotatable bonds is 4. The number of nitrogens with one attached hydrogen (secondary N) is 1. The Morgan fingerprint density at radius 1 is 0.971 bits per heavy atom. The van der Waals surface area contributed by atoms with Crippen molar-refractivity contribution >= 4 is 28.3 Å². The molecule has 0 aliphatic heterocycles. The van der Waals surface area contributed by atoms with E-state index in [1.807, 2.05) is 11.4 Å². The SMILES string of the molecule is CC1(C(=O)Nc2nc(-c3cccc(C(=O)O)c3)cs2)CC2c3ccccc3C1c1ccccc12. The average molecular weight is 467 g/mol. The molecule has 4 aromatic rings. The highest BCUT2D eigenvalue weighted by atomic mass is 32.1. The first kappa shape index (κ1) is 20.8. The number of anilines is 1. The molecule has 0 radical (unpaired) electrons. The van der Waals surface area contributed by atoms with Crippen LogP contribution in [-0.4, -0.2) is 22.0 Å². The molecule has 2 bridgehead atoms. The molecule has 0 saturated heterocycles. The third-order valence-corrected chi connectivity index (χ3v) is 8.04. The maximum absolute atomic E-state index is 13.8. The van der Waals surface area contributed by atoms with Gasteiger partial charge in [0.25, 0.3) is 0 Å². The van der Waals surface area contributed by atoms with Crippen LogP contribution in [0.1, 0.15) is 57.8 Å². The number of nitrogens with zero attached hydrogens (tertiary/aromatic N) is 1. The Kier molecular flexibility index (Phi) is 4.67. The number of aromatic nitrogens is 1. The summed E-state index contributed by atoms with van der Waals surface area (Å²) in [5.41, 5.74) is 6.08. The molecule has 0 fully saturated rings. The molecule has 1 aromatic heterocycles. The molecule has 3 aromatic carbocycles. The Morgan fingerprint density at radius 2 is 1.62 bits per heavy atom. The van der Waals surface area contributed by atoms with Gasteiger partial charge in [0.05, 0.1) is 16.7 Å². The van der Waals surface area contributed by atoms with Gasteiger partial charge in [-0.05, 0) is 47.7 Å². The van der Waals surface area contributed by atoms with Gasteiger partial charge >= 0.3 is 5.97 Å². The Labute approximate surface area is 201 Å². The van der Waals surface area contributed by atoms with Crippen molar-refractivity contribution < 1.29 is 14.7 Å². The number of carboxylic acid groups (broad SMARTS) is 1. The number of thiazole rings is 1. The van der Waals surface area contributed by atoms with Crippen molar-refractivity contribution in [2.75, 3.05) is 5.32 Å². The van der Waals surface area contributed by atoms with Crippen LogP contribution in [0.5, 0.6) is 0 Å². The van der Waals surface area contributed by atoms with Crippen LogP contribution in [0, 0.1) is 5.41 Å². The molecule has 3 aliphatic rings. The fourth-order valence-electron chi connectivity index (χ4n) is 5.70. The van der Waals surface area contributed by atoms with Crippen molar-refractivity contribution in [3.05, 3.63) is 106 Å². The lowest BCUT2D eigenvalue weighted by Crippen LogP contribution is -2.47. The first-order valence-electron chi connectivity index (χ1n) is 11.2. The summed E-state index contributed by atoms with van der Waals surface area (Å²) in [4.78, 5) is 29.7. The molecule has 1 atom stereocenters. The van der Waals surface area contributed by atoms with E-state index in [2.05, 4.69) is 65.8 Å². The summed E-state index contributed by atoms with van der Waals surface area (Å²) < 4.78 is 0. The zero-order valence-electron chi connectivity index (χ0n) is 18.5. The van der Waals surface area contributed by atoms with Crippen molar-refractivity contribution in [3.63, 3.8) is 0 Å². The second kappa shape index (κ2) is 7.64. The Balaban J connectivity index is 1.33. The van der Waals surface area contributed by atoms with E-state index >= 15 is 0 Å². The number of carbonyl (C=O) groups excluding carboxylic acids is 1. The number of carbonyl (C=O) groups is 2. The van der Waals surface area contributed by atoms with E-state index in [0.717, 1.165) is 6.42 Å². The van der Waals surface area contributed by atoms with E-state index in [9.17, 15) is 14.7 Å². The van der Waals surface area contributed by atoms with Crippen LogP contribution >= 0.6 is 11.3 Å². The van der Waals surface area contributed by atoms with Crippen LogP contribution in [-0.2, 0) is 4.79 Å². The van der Waals surface area contributed by atoms with Gasteiger partial charge in [0, 0.05) is 22.8 Å². The number of carboxylic acids is 1. The number of fused-ring (bicyclic) bond motifs is 1. The van der Waals surface area contributed by atoms with Crippen LogP contribution in [0.3, 0.4) is 0 Å². The van der Waals surface area contributed by atoms with Crippen molar-refractivity contribution in [3.8, 4) is 11.3 Å². The predicted octanol–water partition coefficient (Wildman–Crippen LogP) is 6.13. The number of hydrogen-bond donors (Lipinski definition) is 2. The molecule has 3 aliphatic carbocycles. The van der Waals surface area contributed by atoms with Gasteiger partial charge in [-0.2, -0.15) is 0 Å². The molecule has 6 heteroatoms. The van der Waals surface area contributed by atoms with Crippen LogP contribution < -0.4 is 5.32 Å². The molecule has 7 rings (SSSR count).